The Labute approximate surface area is 235 Å². The van der Waals surface area contributed by atoms with Crippen molar-refractivity contribution in [3.05, 3.63) is 71.5 Å². The molecule has 3 aromatic carbocycles. The first-order valence-electron chi connectivity index (χ1n) is 13.6. The topological polar surface area (TPSA) is 76.7 Å². The van der Waals surface area contributed by atoms with Crippen LogP contribution in [0.4, 0.5) is 17.2 Å². The van der Waals surface area contributed by atoms with Crippen molar-refractivity contribution >= 4 is 39.9 Å². The van der Waals surface area contributed by atoms with Crippen LogP contribution in [0.15, 0.2) is 59.5 Å². The maximum atomic E-state index is 6.55. The normalized spacial score (nSPS) is 14.7. The van der Waals surface area contributed by atoms with E-state index in [1.54, 1.807) is 18.9 Å². The number of hydrogen-bond donors (Lipinski definition) is 1. The van der Waals surface area contributed by atoms with Crippen molar-refractivity contribution in [2.45, 2.75) is 44.4 Å². The summed E-state index contributed by atoms with van der Waals surface area (Å²) in [5, 5.41) is 0.597. The molecule has 0 radical (unpaired) electrons. The summed E-state index contributed by atoms with van der Waals surface area (Å²) < 4.78 is 11.8. The summed E-state index contributed by atoms with van der Waals surface area (Å²) in [5.41, 5.74) is 12.0. The monoisotopic (exact) mass is 543 g/mol. The molecule has 5 rings (SSSR count). The smallest absolute Gasteiger partial charge is 0.164 e. The van der Waals surface area contributed by atoms with Crippen LogP contribution in [0.2, 0.25) is 0 Å². The highest BCUT2D eigenvalue weighted by Crippen LogP contribution is 2.55. The Kier molecular flexibility index (Phi) is 8.14. The molecule has 1 unspecified atom stereocenters. The number of fused-ring (bicyclic) bond motifs is 2. The summed E-state index contributed by atoms with van der Waals surface area (Å²) in [4.78, 5) is 15.8. The number of methoxy groups -OCH3 is 1. The first-order valence-corrected chi connectivity index (χ1v) is 14.4. The third kappa shape index (κ3) is 5.36. The van der Waals surface area contributed by atoms with Crippen LogP contribution in [0.5, 0.6) is 11.5 Å². The van der Waals surface area contributed by atoms with Gasteiger partial charge in [0.05, 0.1) is 24.9 Å². The third-order valence-electron chi connectivity index (χ3n) is 7.30. The van der Waals surface area contributed by atoms with Crippen molar-refractivity contribution in [2.24, 2.45) is 0 Å². The standard InChI is InChI=1S/C31H37N5O2S/c1-6-35(7-2)16-11-17-38-26-19-23-22(18-25(26)37-5)29(32)34-30(33-23)31-36(24-14-8-9-15-27(24)39-31)28-20(3)12-10-13-21(28)4/h8-10,12-15,18-19,31H,6-7,11,16-17H2,1-5H3,(H2,32,33,34). The van der Waals surface area contributed by atoms with Crippen molar-refractivity contribution in [1.29, 1.82) is 0 Å². The quantitative estimate of drug-likeness (QED) is 0.217. The highest BCUT2D eigenvalue weighted by atomic mass is 32.2. The zero-order valence-corrected chi connectivity index (χ0v) is 24.2. The van der Waals surface area contributed by atoms with E-state index in [4.69, 9.17) is 25.2 Å². The number of benzene rings is 3. The fourth-order valence-electron chi connectivity index (χ4n) is 5.22. The molecule has 2 N–H and O–H groups in total. The second kappa shape index (κ2) is 11.7. The fourth-order valence-corrected chi connectivity index (χ4v) is 6.44. The molecule has 204 valence electrons. The Morgan fingerprint density at radius 3 is 2.44 bits per heavy atom. The van der Waals surface area contributed by atoms with Crippen LogP contribution < -0.4 is 20.1 Å². The number of nitrogens with zero attached hydrogens (tertiary/aromatic N) is 4. The average molecular weight is 544 g/mol. The van der Waals surface area contributed by atoms with Gasteiger partial charge in [0.1, 0.15) is 11.2 Å². The van der Waals surface area contributed by atoms with Crippen LogP contribution >= 0.6 is 11.8 Å². The van der Waals surface area contributed by atoms with Gasteiger partial charge in [0, 0.05) is 28.6 Å². The molecular weight excluding hydrogens is 506 g/mol. The molecule has 39 heavy (non-hydrogen) atoms. The van der Waals surface area contributed by atoms with Gasteiger partial charge >= 0.3 is 0 Å². The van der Waals surface area contributed by atoms with E-state index < -0.39 is 0 Å². The van der Waals surface area contributed by atoms with Crippen molar-refractivity contribution < 1.29 is 9.47 Å². The van der Waals surface area contributed by atoms with Gasteiger partial charge in [-0.25, -0.2) is 9.97 Å². The highest BCUT2D eigenvalue weighted by molar-refractivity contribution is 8.00. The van der Waals surface area contributed by atoms with Gasteiger partial charge < -0.3 is 25.0 Å². The van der Waals surface area contributed by atoms with Crippen LogP contribution in [-0.2, 0) is 0 Å². The maximum Gasteiger partial charge on any atom is 0.164 e. The van der Waals surface area contributed by atoms with Gasteiger partial charge in [0.2, 0.25) is 0 Å². The number of nitrogen functional groups attached to an aromatic ring is 1. The molecule has 0 bridgehead atoms. The molecule has 0 amide bonds. The van der Waals surface area contributed by atoms with Gasteiger partial charge in [0.25, 0.3) is 0 Å². The SMILES string of the molecule is CCN(CC)CCCOc1cc2nc(C3Sc4ccccc4N3c3c(C)cccc3C)nc(N)c2cc1OC. The second-order valence-corrected chi connectivity index (χ2v) is 10.9. The molecule has 0 fully saturated rings. The zero-order valence-electron chi connectivity index (χ0n) is 23.4. The average Bonchev–Trinajstić information content (AvgIpc) is 3.32. The number of aromatic nitrogens is 2. The maximum absolute atomic E-state index is 6.55. The van der Waals surface area contributed by atoms with Crippen LogP contribution in [0.25, 0.3) is 10.9 Å². The summed E-state index contributed by atoms with van der Waals surface area (Å²) in [6.07, 6.45) is 0.932. The number of thioether (sulfide) groups is 1. The Hall–Kier alpha value is -3.49. The van der Waals surface area contributed by atoms with E-state index in [9.17, 15) is 0 Å². The minimum absolute atomic E-state index is 0.158. The van der Waals surface area contributed by atoms with E-state index in [1.165, 1.54) is 21.7 Å². The van der Waals surface area contributed by atoms with E-state index >= 15 is 0 Å². The number of nitrogens with two attached hydrogens (primary N) is 1. The van der Waals surface area contributed by atoms with E-state index in [0.29, 0.717) is 29.7 Å². The van der Waals surface area contributed by atoms with Crippen molar-refractivity contribution in [3.63, 3.8) is 0 Å². The van der Waals surface area contributed by atoms with Crippen molar-refractivity contribution in [2.75, 3.05) is 44.0 Å². The number of anilines is 3. The summed E-state index contributed by atoms with van der Waals surface area (Å²) in [5.74, 6) is 2.40. The fraction of sp³-hybridized carbons (Fsp3) is 0.355. The first-order chi connectivity index (χ1) is 18.9. The molecule has 4 aromatic rings. The highest BCUT2D eigenvalue weighted by Gasteiger charge is 2.36. The van der Waals surface area contributed by atoms with E-state index in [-0.39, 0.29) is 5.37 Å². The van der Waals surface area contributed by atoms with Crippen LogP contribution in [0.3, 0.4) is 0 Å². The van der Waals surface area contributed by atoms with Gasteiger partial charge in [0.15, 0.2) is 17.3 Å². The van der Waals surface area contributed by atoms with E-state index in [2.05, 4.69) is 80.0 Å². The molecular formula is C31H37N5O2S. The molecule has 1 atom stereocenters. The minimum Gasteiger partial charge on any atom is -0.493 e. The number of para-hydroxylation sites is 2. The molecule has 0 spiro atoms. The van der Waals surface area contributed by atoms with E-state index in [1.807, 2.05) is 12.1 Å². The molecule has 0 aliphatic carbocycles. The second-order valence-electron chi connectivity index (χ2n) is 9.76. The largest absolute Gasteiger partial charge is 0.493 e. The summed E-state index contributed by atoms with van der Waals surface area (Å²) in [7, 11) is 1.64. The third-order valence-corrected chi connectivity index (χ3v) is 8.54. The molecule has 0 saturated heterocycles. The first kappa shape index (κ1) is 27.1. The van der Waals surface area contributed by atoms with Crippen LogP contribution in [0, 0.1) is 13.8 Å². The molecule has 8 heteroatoms. The van der Waals surface area contributed by atoms with Crippen molar-refractivity contribution in [3.8, 4) is 11.5 Å². The number of ether oxygens (including phenoxy) is 2. The summed E-state index contributed by atoms with van der Waals surface area (Å²) in [6.45, 7) is 12.3. The lowest BCUT2D eigenvalue weighted by Crippen LogP contribution is -2.25. The predicted molar refractivity (Wildman–Crippen MR) is 161 cm³/mol. The van der Waals surface area contributed by atoms with E-state index in [0.717, 1.165) is 42.6 Å². The van der Waals surface area contributed by atoms with Crippen molar-refractivity contribution in [1.82, 2.24) is 14.9 Å². The minimum atomic E-state index is -0.158. The van der Waals surface area contributed by atoms with Gasteiger partial charge in [-0.3, -0.25) is 0 Å². The molecule has 0 saturated carbocycles. The number of rotatable bonds is 10. The van der Waals surface area contributed by atoms with Crippen LogP contribution in [-0.4, -0.2) is 48.2 Å². The summed E-state index contributed by atoms with van der Waals surface area (Å²) in [6, 6.07) is 18.7. The molecule has 1 aromatic heterocycles. The molecule has 7 nitrogen and oxygen atoms in total. The Morgan fingerprint density at radius 1 is 0.974 bits per heavy atom. The Morgan fingerprint density at radius 2 is 1.72 bits per heavy atom. The van der Waals surface area contributed by atoms with Crippen LogP contribution in [0.1, 0.15) is 42.6 Å². The summed E-state index contributed by atoms with van der Waals surface area (Å²) >= 11 is 1.75. The van der Waals surface area contributed by atoms with Gasteiger partial charge in [-0.2, -0.15) is 0 Å². The van der Waals surface area contributed by atoms with Gasteiger partial charge in [-0.05, 0) is 62.7 Å². The predicted octanol–water partition coefficient (Wildman–Crippen LogP) is 6.89. The molecule has 1 aliphatic heterocycles. The number of aryl methyl sites for hydroxylation is 2. The Balaban J connectivity index is 1.52. The lowest BCUT2D eigenvalue weighted by atomic mass is 10.1. The lowest BCUT2D eigenvalue weighted by Gasteiger charge is -2.29. The number of hydrogen-bond acceptors (Lipinski definition) is 8. The van der Waals surface area contributed by atoms with Gasteiger partial charge in [-0.15, -0.1) is 0 Å². The lowest BCUT2D eigenvalue weighted by molar-refractivity contribution is 0.243. The van der Waals surface area contributed by atoms with Gasteiger partial charge in [-0.1, -0.05) is 55.9 Å². The Bertz CT molecular complexity index is 1450. The molecule has 1 aliphatic rings. The molecule has 2 heterocycles. The zero-order chi connectivity index (χ0) is 27.5.